The van der Waals surface area contributed by atoms with E-state index in [1.807, 2.05) is 48.2 Å². The summed E-state index contributed by atoms with van der Waals surface area (Å²) in [7, 11) is 0. The molecule has 3 aromatic rings. The number of rotatable bonds is 3. The largest absolute Gasteiger partial charge is 0.484 e. The predicted molar refractivity (Wildman–Crippen MR) is 102 cm³/mol. The van der Waals surface area contributed by atoms with Crippen molar-refractivity contribution >= 4 is 32.7 Å². The standard InChI is InChI=1S/C20H19BrN2O2/c1-13-5-2-3-8-18(13)25-12-19(24)23-10-9-17-15(11-23)14-6-4-7-16(21)20(14)22-17/h2-8,22H,9-12H2,1H3. The molecule has 128 valence electrons. The number of nitrogens with zero attached hydrogens (tertiary/aromatic N) is 1. The zero-order valence-corrected chi connectivity index (χ0v) is 15.6. The van der Waals surface area contributed by atoms with E-state index < -0.39 is 0 Å². The molecule has 0 bridgehead atoms. The Labute approximate surface area is 154 Å². The van der Waals surface area contributed by atoms with Crippen LogP contribution in [0.5, 0.6) is 5.75 Å². The van der Waals surface area contributed by atoms with Gasteiger partial charge >= 0.3 is 0 Å². The first-order chi connectivity index (χ1) is 12.1. The van der Waals surface area contributed by atoms with E-state index in [-0.39, 0.29) is 12.5 Å². The average molecular weight is 399 g/mol. The highest BCUT2D eigenvalue weighted by Crippen LogP contribution is 2.31. The molecule has 1 N–H and O–H groups in total. The summed E-state index contributed by atoms with van der Waals surface area (Å²) in [4.78, 5) is 18.0. The molecule has 0 radical (unpaired) electrons. The third-order valence-corrected chi connectivity index (χ3v) is 5.42. The zero-order valence-electron chi connectivity index (χ0n) is 14.0. The first-order valence-corrected chi connectivity index (χ1v) is 9.17. The molecule has 0 atom stereocenters. The van der Waals surface area contributed by atoms with Crippen molar-refractivity contribution in [1.82, 2.24) is 9.88 Å². The average Bonchev–Trinajstić information content (AvgIpc) is 3.00. The van der Waals surface area contributed by atoms with Crippen LogP contribution in [0.1, 0.15) is 16.8 Å². The Morgan fingerprint density at radius 1 is 1.24 bits per heavy atom. The molecule has 1 aliphatic rings. The van der Waals surface area contributed by atoms with Crippen LogP contribution in [0.3, 0.4) is 0 Å². The third kappa shape index (κ3) is 3.04. The van der Waals surface area contributed by atoms with Crippen molar-refractivity contribution in [2.45, 2.75) is 19.9 Å². The van der Waals surface area contributed by atoms with Crippen molar-refractivity contribution in [1.29, 1.82) is 0 Å². The summed E-state index contributed by atoms with van der Waals surface area (Å²) in [6.45, 7) is 3.40. The molecule has 4 nitrogen and oxygen atoms in total. The van der Waals surface area contributed by atoms with Gasteiger partial charge in [-0.05, 0) is 40.5 Å². The van der Waals surface area contributed by atoms with Crippen molar-refractivity contribution in [3.8, 4) is 5.75 Å². The second-order valence-electron chi connectivity index (χ2n) is 6.36. The fourth-order valence-corrected chi connectivity index (χ4v) is 3.83. The molecule has 25 heavy (non-hydrogen) atoms. The maximum Gasteiger partial charge on any atom is 0.260 e. The van der Waals surface area contributed by atoms with Crippen molar-refractivity contribution in [3.05, 3.63) is 63.8 Å². The predicted octanol–water partition coefficient (Wildman–Crippen LogP) is 4.20. The Hall–Kier alpha value is -2.27. The summed E-state index contributed by atoms with van der Waals surface area (Å²) >= 11 is 3.59. The van der Waals surface area contributed by atoms with E-state index in [0.29, 0.717) is 13.1 Å². The number of carbonyl (C=O) groups excluding carboxylic acids is 1. The summed E-state index contributed by atoms with van der Waals surface area (Å²) < 4.78 is 6.78. The van der Waals surface area contributed by atoms with Gasteiger partial charge in [-0.2, -0.15) is 0 Å². The van der Waals surface area contributed by atoms with Crippen LogP contribution in [0.4, 0.5) is 0 Å². The number of hydrogen-bond donors (Lipinski definition) is 1. The van der Waals surface area contributed by atoms with E-state index in [1.165, 1.54) is 16.6 Å². The molecule has 0 spiro atoms. The minimum absolute atomic E-state index is 0.0262. The number of H-pyrrole nitrogens is 1. The SMILES string of the molecule is Cc1ccccc1OCC(=O)N1CCc2[nH]c3c(Br)cccc3c2C1. The summed E-state index contributed by atoms with van der Waals surface area (Å²) in [5, 5.41) is 1.18. The van der Waals surface area contributed by atoms with Crippen molar-refractivity contribution in [2.75, 3.05) is 13.2 Å². The van der Waals surface area contributed by atoms with Gasteiger partial charge < -0.3 is 14.6 Å². The number of aromatic amines is 1. The second kappa shape index (κ2) is 6.56. The van der Waals surface area contributed by atoms with Gasteiger partial charge in [0.15, 0.2) is 6.61 Å². The van der Waals surface area contributed by atoms with Crippen molar-refractivity contribution < 1.29 is 9.53 Å². The lowest BCUT2D eigenvalue weighted by Crippen LogP contribution is -2.38. The minimum atomic E-state index is 0.0262. The molecule has 2 aromatic carbocycles. The molecular weight excluding hydrogens is 380 g/mol. The molecule has 2 heterocycles. The van der Waals surface area contributed by atoms with E-state index in [4.69, 9.17) is 4.74 Å². The summed E-state index contributed by atoms with van der Waals surface area (Å²) in [5.41, 5.74) is 4.59. The van der Waals surface area contributed by atoms with Crippen LogP contribution in [0, 0.1) is 6.92 Å². The van der Waals surface area contributed by atoms with Crippen LogP contribution < -0.4 is 4.74 Å². The minimum Gasteiger partial charge on any atom is -0.484 e. The Morgan fingerprint density at radius 3 is 2.92 bits per heavy atom. The maximum atomic E-state index is 12.6. The van der Waals surface area contributed by atoms with Gasteiger partial charge in [-0.1, -0.05) is 30.3 Å². The lowest BCUT2D eigenvalue weighted by atomic mass is 10.0. The van der Waals surface area contributed by atoms with E-state index in [0.717, 1.165) is 27.7 Å². The van der Waals surface area contributed by atoms with Gasteiger partial charge in [0.2, 0.25) is 0 Å². The smallest absolute Gasteiger partial charge is 0.260 e. The van der Waals surface area contributed by atoms with Crippen LogP contribution in [-0.4, -0.2) is 28.9 Å². The van der Waals surface area contributed by atoms with Gasteiger partial charge in [0.25, 0.3) is 5.91 Å². The van der Waals surface area contributed by atoms with Gasteiger partial charge in [-0.25, -0.2) is 0 Å². The van der Waals surface area contributed by atoms with Gasteiger partial charge in [0, 0.05) is 40.6 Å². The van der Waals surface area contributed by atoms with Gasteiger partial charge in [-0.15, -0.1) is 0 Å². The number of hydrogen-bond acceptors (Lipinski definition) is 2. The number of aromatic nitrogens is 1. The van der Waals surface area contributed by atoms with E-state index in [2.05, 4.69) is 27.0 Å². The van der Waals surface area contributed by atoms with Crippen LogP contribution >= 0.6 is 15.9 Å². The molecule has 5 heteroatoms. The third-order valence-electron chi connectivity index (χ3n) is 4.76. The number of nitrogens with one attached hydrogen (secondary N) is 1. The van der Waals surface area contributed by atoms with E-state index in [1.54, 1.807) is 0 Å². The zero-order chi connectivity index (χ0) is 17.4. The van der Waals surface area contributed by atoms with Crippen LogP contribution in [0.15, 0.2) is 46.9 Å². The first-order valence-electron chi connectivity index (χ1n) is 8.37. The monoisotopic (exact) mass is 398 g/mol. The second-order valence-corrected chi connectivity index (χ2v) is 7.22. The Morgan fingerprint density at radius 2 is 2.08 bits per heavy atom. The lowest BCUT2D eigenvalue weighted by molar-refractivity contribution is -0.134. The quantitative estimate of drug-likeness (QED) is 0.718. The number of carbonyl (C=O) groups is 1. The normalized spacial score (nSPS) is 13.8. The maximum absolute atomic E-state index is 12.6. The highest BCUT2D eigenvalue weighted by molar-refractivity contribution is 9.10. The highest BCUT2D eigenvalue weighted by Gasteiger charge is 2.24. The molecule has 0 fully saturated rings. The molecular formula is C20H19BrN2O2. The molecule has 0 aliphatic carbocycles. The number of ether oxygens (including phenoxy) is 1. The number of para-hydroxylation sites is 2. The van der Waals surface area contributed by atoms with Crippen LogP contribution in [0.2, 0.25) is 0 Å². The number of benzene rings is 2. The summed E-state index contributed by atoms with van der Waals surface area (Å²) in [5.74, 6) is 0.794. The lowest BCUT2D eigenvalue weighted by Gasteiger charge is -2.27. The highest BCUT2D eigenvalue weighted by atomic mass is 79.9. The Bertz CT molecular complexity index is 948. The van der Waals surface area contributed by atoms with Crippen LogP contribution in [0.25, 0.3) is 10.9 Å². The first kappa shape index (κ1) is 16.2. The topological polar surface area (TPSA) is 45.3 Å². The fraction of sp³-hybridized carbons (Fsp3) is 0.250. The van der Waals surface area contributed by atoms with Gasteiger partial charge in [0.1, 0.15) is 5.75 Å². The number of halogens is 1. The van der Waals surface area contributed by atoms with Crippen molar-refractivity contribution in [2.24, 2.45) is 0 Å². The number of aryl methyl sites for hydroxylation is 1. The molecule has 1 aliphatic heterocycles. The van der Waals surface area contributed by atoms with Crippen molar-refractivity contribution in [3.63, 3.8) is 0 Å². The van der Waals surface area contributed by atoms with Gasteiger partial charge in [-0.3, -0.25) is 4.79 Å². The Balaban J connectivity index is 1.50. The fourth-order valence-electron chi connectivity index (χ4n) is 3.36. The Kier molecular flexibility index (Phi) is 4.25. The molecule has 0 unspecified atom stereocenters. The van der Waals surface area contributed by atoms with E-state index >= 15 is 0 Å². The molecule has 1 aromatic heterocycles. The van der Waals surface area contributed by atoms with Crippen LogP contribution in [-0.2, 0) is 17.8 Å². The van der Waals surface area contributed by atoms with Gasteiger partial charge in [0.05, 0.1) is 5.52 Å². The molecule has 0 saturated heterocycles. The molecule has 4 rings (SSSR count). The summed E-state index contributed by atoms with van der Waals surface area (Å²) in [6, 6.07) is 13.9. The number of fused-ring (bicyclic) bond motifs is 3. The molecule has 1 amide bonds. The molecule has 0 saturated carbocycles. The summed E-state index contributed by atoms with van der Waals surface area (Å²) in [6.07, 6.45) is 0.840. The van der Waals surface area contributed by atoms with E-state index in [9.17, 15) is 4.79 Å². The number of amides is 1.